The Labute approximate surface area is 117 Å². The van der Waals surface area contributed by atoms with Crippen LogP contribution < -0.4 is 16.2 Å². The van der Waals surface area contributed by atoms with Crippen LogP contribution in [0.1, 0.15) is 6.92 Å². The van der Waals surface area contributed by atoms with Crippen molar-refractivity contribution in [2.24, 2.45) is 5.84 Å². The molecule has 0 aliphatic heterocycles. The molecule has 21 heavy (non-hydrogen) atoms. The zero-order chi connectivity index (χ0) is 15.5. The van der Waals surface area contributed by atoms with Crippen LogP contribution in [-0.4, -0.2) is 44.0 Å². The SMILES string of the molecule is CCN(CC(F)(F)F)c1nc(NN)nc(-n2cccn2)n1. The third-order valence-electron chi connectivity index (χ3n) is 2.48. The van der Waals surface area contributed by atoms with E-state index >= 15 is 0 Å². The largest absolute Gasteiger partial charge is 0.406 e. The van der Waals surface area contributed by atoms with Gasteiger partial charge in [0.05, 0.1) is 0 Å². The van der Waals surface area contributed by atoms with Crippen LogP contribution in [0.4, 0.5) is 25.1 Å². The number of alkyl halides is 3. The molecule has 0 spiro atoms. The summed E-state index contributed by atoms with van der Waals surface area (Å²) in [6, 6.07) is 1.63. The number of hydrogen-bond acceptors (Lipinski definition) is 7. The Morgan fingerprint density at radius 3 is 2.62 bits per heavy atom. The molecule has 3 N–H and O–H groups in total. The van der Waals surface area contributed by atoms with Crippen LogP contribution in [0, 0.1) is 0 Å². The lowest BCUT2D eigenvalue weighted by Gasteiger charge is -2.22. The van der Waals surface area contributed by atoms with Crippen molar-refractivity contribution in [2.45, 2.75) is 13.1 Å². The van der Waals surface area contributed by atoms with Crippen LogP contribution >= 0.6 is 0 Å². The van der Waals surface area contributed by atoms with E-state index in [4.69, 9.17) is 5.84 Å². The lowest BCUT2D eigenvalue weighted by Crippen LogP contribution is -2.35. The predicted octanol–water partition coefficient (Wildman–Crippen LogP) is 0.732. The summed E-state index contributed by atoms with van der Waals surface area (Å²) in [5, 5.41) is 3.92. The second-order valence-electron chi connectivity index (χ2n) is 3.98. The van der Waals surface area contributed by atoms with Gasteiger partial charge >= 0.3 is 6.18 Å². The molecular formula is C10H13F3N8. The fourth-order valence-electron chi connectivity index (χ4n) is 1.59. The molecule has 2 aromatic heterocycles. The van der Waals surface area contributed by atoms with Gasteiger partial charge in [-0.1, -0.05) is 0 Å². The van der Waals surface area contributed by atoms with Crippen molar-refractivity contribution >= 4 is 11.9 Å². The van der Waals surface area contributed by atoms with E-state index in [0.29, 0.717) is 0 Å². The summed E-state index contributed by atoms with van der Waals surface area (Å²) in [7, 11) is 0. The number of aromatic nitrogens is 5. The van der Waals surface area contributed by atoms with Crippen LogP contribution in [0.2, 0.25) is 0 Å². The highest BCUT2D eigenvalue weighted by molar-refractivity contribution is 5.39. The highest BCUT2D eigenvalue weighted by Crippen LogP contribution is 2.20. The highest BCUT2D eigenvalue weighted by Gasteiger charge is 2.31. The second-order valence-corrected chi connectivity index (χ2v) is 3.98. The number of nitrogen functional groups attached to an aromatic ring is 1. The van der Waals surface area contributed by atoms with Gasteiger partial charge in [-0.15, -0.1) is 0 Å². The van der Waals surface area contributed by atoms with E-state index in [2.05, 4.69) is 25.5 Å². The average molecular weight is 302 g/mol. The zero-order valence-corrected chi connectivity index (χ0v) is 11.0. The van der Waals surface area contributed by atoms with E-state index in [1.54, 1.807) is 19.2 Å². The zero-order valence-electron chi connectivity index (χ0n) is 11.0. The minimum absolute atomic E-state index is 0.0499. The Balaban J connectivity index is 2.40. The normalized spacial score (nSPS) is 11.5. The molecule has 0 aliphatic carbocycles. The van der Waals surface area contributed by atoms with E-state index in [1.165, 1.54) is 10.9 Å². The Bertz CT molecular complexity index is 582. The Hall–Kier alpha value is -2.43. The van der Waals surface area contributed by atoms with Crippen LogP contribution in [-0.2, 0) is 0 Å². The van der Waals surface area contributed by atoms with E-state index in [9.17, 15) is 13.2 Å². The number of anilines is 2. The van der Waals surface area contributed by atoms with Gasteiger partial charge in [-0.05, 0) is 13.0 Å². The van der Waals surface area contributed by atoms with Gasteiger partial charge in [0.25, 0.3) is 5.95 Å². The van der Waals surface area contributed by atoms with Gasteiger partial charge in [-0.3, -0.25) is 5.43 Å². The minimum Gasteiger partial charge on any atom is -0.332 e. The molecule has 0 bridgehead atoms. The quantitative estimate of drug-likeness (QED) is 0.620. The molecule has 2 aromatic rings. The molecule has 0 saturated carbocycles. The molecule has 0 aliphatic rings. The van der Waals surface area contributed by atoms with Crippen molar-refractivity contribution in [1.82, 2.24) is 24.7 Å². The van der Waals surface area contributed by atoms with Crippen molar-refractivity contribution in [3.63, 3.8) is 0 Å². The first-order chi connectivity index (χ1) is 9.93. The van der Waals surface area contributed by atoms with Crippen LogP contribution in [0.15, 0.2) is 18.5 Å². The monoisotopic (exact) mass is 302 g/mol. The molecule has 8 nitrogen and oxygen atoms in total. The summed E-state index contributed by atoms with van der Waals surface area (Å²) in [5.41, 5.74) is 2.20. The molecule has 2 rings (SSSR count). The van der Waals surface area contributed by atoms with E-state index in [-0.39, 0.29) is 24.4 Å². The first-order valence-electron chi connectivity index (χ1n) is 5.97. The van der Waals surface area contributed by atoms with Crippen molar-refractivity contribution in [3.05, 3.63) is 18.5 Å². The number of nitrogens with one attached hydrogen (secondary N) is 1. The fraction of sp³-hybridized carbons (Fsp3) is 0.400. The van der Waals surface area contributed by atoms with Crippen molar-refractivity contribution < 1.29 is 13.2 Å². The van der Waals surface area contributed by atoms with Crippen molar-refractivity contribution in [3.8, 4) is 5.95 Å². The fourth-order valence-corrected chi connectivity index (χ4v) is 1.59. The Kier molecular flexibility index (Phi) is 4.21. The summed E-state index contributed by atoms with van der Waals surface area (Å²) in [5.74, 6) is 5.12. The Morgan fingerprint density at radius 1 is 1.33 bits per heavy atom. The van der Waals surface area contributed by atoms with Gasteiger partial charge in [0, 0.05) is 18.9 Å². The lowest BCUT2D eigenvalue weighted by atomic mass is 10.5. The first-order valence-corrected chi connectivity index (χ1v) is 5.97. The summed E-state index contributed by atoms with van der Waals surface area (Å²) in [6.07, 6.45) is -1.32. The summed E-state index contributed by atoms with van der Waals surface area (Å²) < 4.78 is 39.0. The summed E-state index contributed by atoms with van der Waals surface area (Å²) in [6.45, 7) is 0.473. The minimum atomic E-state index is -4.37. The maximum absolute atomic E-state index is 12.6. The molecule has 0 unspecified atom stereocenters. The number of hydrogen-bond donors (Lipinski definition) is 2. The maximum atomic E-state index is 12.6. The van der Waals surface area contributed by atoms with Crippen molar-refractivity contribution in [2.75, 3.05) is 23.4 Å². The average Bonchev–Trinajstić information content (AvgIpc) is 2.97. The Morgan fingerprint density at radius 2 is 2.10 bits per heavy atom. The van der Waals surface area contributed by atoms with Gasteiger partial charge in [0.1, 0.15) is 6.54 Å². The van der Waals surface area contributed by atoms with Gasteiger partial charge in [0.2, 0.25) is 11.9 Å². The molecule has 0 saturated heterocycles. The molecule has 0 atom stereocenters. The molecule has 2 heterocycles. The molecule has 114 valence electrons. The van der Waals surface area contributed by atoms with Gasteiger partial charge in [-0.2, -0.15) is 33.2 Å². The maximum Gasteiger partial charge on any atom is 0.406 e. The summed E-state index contributed by atoms with van der Waals surface area (Å²) >= 11 is 0. The summed E-state index contributed by atoms with van der Waals surface area (Å²) in [4.78, 5) is 12.7. The molecule has 0 amide bonds. The molecule has 0 aromatic carbocycles. The van der Waals surface area contributed by atoms with Crippen molar-refractivity contribution in [1.29, 1.82) is 0 Å². The van der Waals surface area contributed by atoms with Crippen LogP contribution in [0.3, 0.4) is 0 Å². The van der Waals surface area contributed by atoms with E-state index < -0.39 is 12.7 Å². The van der Waals surface area contributed by atoms with E-state index in [0.717, 1.165) is 4.90 Å². The van der Waals surface area contributed by atoms with Crippen LogP contribution in [0.5, 0.6) is 0 Å². The molecule has 0 fully saturated rings. The van der Waals surface area contributed by atoms with E-state index in [1.807, 2.05) is 0 Å². The number of halogens is 3. The standard InChI is InChI=1S/C10H13F3N8/c1-2-20(6-10(11,12)13)8-16-7(19-14)17-9(18-8)21-5-3-4-15-21/h3-5H,2,6,14H2,1H3,(H,16,17,18,19). The predicted molar refractivity (Wildman–Crippen MR) is 68.7 cm³/mol. The van der Waals surface area contributed by atoms with Crippen LogP contribution in [0.25, 0.3) is 5.95 Å². The molecular weight excluding hydrogens is 289 g/mol. The number of nitrogens with two attached hydrogens (primary N) is 1. The molecule has 11 heteroatoms. The number of nitrogens with zero attached hydrogens (tertiary/aromatic N) is 6. The number of rotatable bonds is 5. The van der Waals surface area contributed by atoms with Gasteiger partial charge in [-0.25, -0.2) is 10.5 Å². The topological polar surface area (TPSA) is 97.8 Å². The second kappa shape index (κ2) is 5.91. The number of hydrazine groups is 1. The third kappa shape index (κ3) is 3.78. The van der Waals surface area contributed by atoms with Gasteiger partial charge < -0.3 is 4.90 Å². The molecule has 0 radical (unpaired) electrons. The smallest absolute Gasteiger partial charge is 0.332 e. The first kappa shape index (κ1) is 15.0. The lowest BCUT2D eigenvalue weighted by molar-refractivity contribution is -0.119. The van der Waals surface area contributed by atoms with Gasteiger partial charge in [0.15, 0.2) is 0 Å². The highest BCUT2D eigenvalue weighted by atomic mass is 19.4. The third-order valence-corrected chi connectivity index (χ3v) is 2.48.